The summed E-state index contributed by atoms with van der Waals surface area (Å²) in [5, 5.41) is 2.81. The van der Waals surface area contributed by atoms with E-state index in [1.807, 2.05) is 97.9 Å². The van der Waals surface area contributed by atoms with Gasteiger partial charge in [-0.05, 0) is 30.5 Å². The van der Waals surface area contributed by atoms with Crippen LogP contribution in [0.1, 0.15) is 30.5 Å². The molecule has 3 aromatic rings. The maximum atomic E-state index is 13.5. The molecule has 31 heavy (non-hydrogen) atoms. The third kappa shape index (κ3) is 5.19. The van der Waals surface area contributed by atoms with Gasteiger partial charge in [-0.15, -0.1) is 0 Å². The first-order valence-corrected chi connectivity index (χ1v) is 10.4. The van der Waals surface area contributed by atoms with E-state index in [1.54, 1.807) is 6.92 Å². The molecule has 0 fully saturated rings. The molecule has 1 amide bonds. The molecule has 1 N–H and O–H groups in total. The number of benzene rings is 3. The van der Waals surface area contributed by atoms with Crippen molar-refractivity contribution >= 4 is 11.9 Å². The molecule has 0 bridgehead atoms. The van der Waals surface area contributed by atoms with Crippen LogP contribution in [-0.2, 0) is 31.2 Å². The second-order valence-corrected chi connectivity index (χ2v) is 7.10. The first-order chi connectivity index (χ1) is 15.1. The van der Waals surface area contributed by atoms with Crippen molar-refractivity contribution in [1.29, 1.82) is 0 Å². The highest BCUT2D eigenvalue weighted by atomic mass is 16.6. The fourth-order valence-electron chi connectivity index (χ4n) is 3.42. The van der Waals surface area contributed by atoms with Gasteiger partial charge in [-0.1, -0.05) is 91.0 Å². The van der Waals surface area contributed by atoms with Crippen LogP contribution in [0.25, 0.3) is 0 Å². The minimum Gasteiger partial charge on any atom is -0.450 e. The first-order valence-electron chi connectivity index (χ1n) is 10.4. The van der Waals surface area contributed by atoms with Crippen LogP contribution in [0, 0.1) is 0 Å². The summed E-state index contributed by atoms with van der Waals surface area (Å²) in [5.74, 6) is -1.00. The fourth-order valence-corrected chi connectivity index (χ4v) is 3.42. The fraction of sp³-hybridized carbons (Fsp3) is 0.231. The number of carbonyl (C=O) groups excluding carboxylic acids is 2. The molecule has 0 aliphatic rings. The molecule has 0 aliphatic heterocycles. The number of amides is 1. The van der Waals surface area contributed by atoms with E-state index in [9.17, 15) is 9.59 Å². The van der Waals surface area contributed by atoms with Crippen LogP contribution in [0.4, 0.5) is 0 Å². The minimum atomic E-state index is -1.47. The zero-order valence-electron chi connectivity index (χ0n) is 17.8. The summed E-state index contributed by atoms with van der Waals surface area (Å²) in [6.45, 7) is 4.03. The van der Waals surface area contributed by atoms with Crippen molar-refractivity contribution in [3.05, 3.63) is 108 Å². The van der Waals surface area contributed by atoms with Crippen molar-refractivity contribution in [2.45, 2.75) is 32.1 Å². The molecule has 0 aliphatic carbocycles. The van der Waals surface area contributed by atoms with Gasteiger partial charge < -0.3 is 14.8 Å². The van der Waals surface area contributed by atoms with Gasteiger partial charge in [0.25, 0.3) is 5.91 Å². The Hall–Kier alpha value is -3.44. The van der Waals surface area contributed by atoms with Crippen LogP contribution >= 0.6 is 0 Å². The molecule has 5 heteroatoms. The SMILES string of the molecule is CCOC(C(=O)O[C@@H](C)C(=O)NCc1ccccc1)(c1ccccc1)c1ccccc1. The molecule has 5 nitrogen and oxygen atoms in total. The molecular formula is C26H27NO4. The molecule has 0 unspecified atom stereocenters. The van der Waals surface area contributed by atoms with Crippen molar-refractivity contribution in [2.24, 2.45) is 0 Å². The lowest BCUT2D eigenvalue weighted by Gasteiger charge is -2.33. The minimum absolute atomic E-state index is 0.285. The smallest absolute Gasteiger partial charge is 0.348 e. The van der Waals surface area contributed by atoms with Gasteiger partial charge in [0, 0.05) is 13.2 Å². The number of rotatable bonds is 9. The number of hydrogen-bond donors (Lipinski definition) is 1. The number of nitrogens with one attached hydrogen (secondary N) is 1. The zero-order chi connectivity index (χ0) is 22.1. The summed E-state index contributed by atoms with van der Waals surface area (Å²) in [6, 6.07) is 28.0. The number of esters is 1. The normalized spacial score (nSPS) is 12.1. The van der Waals surface area contributed by atoms with Gasteiger partial charge in [0.1, 0.15) is 0 Å². The molecule has 0 saturated heterocycles. The van der Waals surface area contributed by atoms with Crippen molar-refractivity contribution in [3.63, 3.8) is 0 Å². The summed E-state index contributed by atoms with van der Waals surface area (Å²) < 4.78 is 11.7. The molecule has 0 spiro atoms. The average molecular weight is 418 g/mol. The third-order valence-electron chi connectivity index (χ3n) is 4.97. The summed E-state index contributed by atoms with van der Waals surface area (Å²) in [7, 11) is 0. The highest BCUT2D eigenvalue weighted by Gasteiger charge is 2.45. The van der Waals surface area contributed by atoms with Gasteiger partial charge >= 0.3 is 5.97 Å². The summed E-state index contributed by atoms with van der Waals surface area (Å²) in [5.41, 5.74) is 0.784. The van der Waals surface area contributed by atoms with E-state index >= 15 is 0 Å². The van der Waals surface area contributed by atoms with Crippen molar-refractivity contribution < 1.29 is 19.1 Å². The Bertz CT molecular complexity index is 935. The Morgan fingerprint density at radius 2 is 1.32 bits per heavy atom. The average Bonchev–Trinajstić information content (AvgIpc) is 2.82. The summed E-state index contributed by atoms with van der Waals surface area (Å²) in [6.07, 6.45) is -0.983. The van der Waals surface area contributed by atoms with E-state index in [2.05, 4.69) is 5.32 Å². The number of carbonyl (C=O) groups is 2. The monoisotopic (exact) mass is 417 g/mol. The van der Waals surface area contributed by atoms with Gasteiger partial charge in [0.05, 0.1) is 0 Å². The van der Waals surface area contributed by atoms with Gasteiger partial charge in [0.15, 0.2) is 6.10 Å². The van der Waals surface area contributed by atoms with Crippen LogP contribution in [0.5, 0.6) is 0 Å². The quantitative estimate of drug-likeness (QED) is 0.530. The van der Waals surface area contributed by atoms with Crippen LogP contribution in [-0.4, -0.2) is 24.6 Å². The number of ether oxygens (including phenoxy) is 2. The lowest BCUT2D eigenvalue weighted by Crippen LogP contribution is -2.45. The lowest BCUT2D eigenvalue weighted by atomic mass is 9.86. The van der Waals surface area contributed by atoms with Gasteiger partial charge in [-0.2, -0.15) is 0 Å². The molecule has 3 aromatic carbocycles. The van der Waals surface area contributed by atoms with Crippen LogP contribution in [0.3, 0.4) is 0 Å². The Kier molecular flexibility index (Phi) is 7.57. The van der Waals surface area contributed by atoms with E-state index in [1.165, 1.54) is 0 Å². The highest BCUT2D eigenvalue weighted by molar-refractivity contribution is 5.89. The largest absolute Gasteiger partial charge is 0.450 e. The zero-order valence-corrected chi connectivity index (χ0v) is 17.8. The van der Waals surface area contributed by atoms with E-state index in [0.29, 0.717) is 17.7 Å². The maximum absolute atomic E-state index is 13.5. The van der Waals surface area contributed by atoms with Crippen molar-refractivity contribution in [2.75, 3.05) is 6.61 Å². The van der Waals surface area contributed by atoms with E-state index in [4.69, 9.17) is 9.47 Å². The van der Waals surface area contributed by atoms with Gasteiger partial charge in [-0.3, -0.25) is 4.79 Å². The molecule has 1 atom stereocenters. The van der Waals surface area contributed by atoms with Crippen LogP contribution in [0.15, 0.2) is 91.0 Å². The van der Waals surface area contributed by atoms with E-state index in [0.717, 1.165) is 5.56 Å². The summed E-state index contributed by atoms with van der Waals surface area (Å²) >= 11 is 0. The molecule has 160 valence electrons. The Balaban J connectivity index is 1.83. The molecule has 0 radical (unpaired) electrons. The van der Waals surface area contributed by atoms with Crippen LogP contribution in [0.2, 0.25) is 0 Å². The molecule has 0 aromatic heterocycles. The van der Waals surface area contributed by atoms with Crippen molar-refractivity contribution in [1.82, 2.24) is 5.32 Å². The predicted octanol–water partition coefficient (Wildman–Crippen LogP) is 4.21. The second-order valence-electron chi connectivity index (χ2n) is 7.10. The third-order valence-corrected chi connectivity index (χ3v) is 4.97. The maximum Gasteiger partial charge on any atom is 0.348 e. The van der Waals surface area contributed by atoms with E-state index in [-0.39, 0.29) is 12.5 Å². The van der Waals surface area contributed by atoms with Crippen LogP contribution < -0.4 is 5.32 Å². The Labute approximate surface area is 183 Å². The standard InChI is InChI=1S/C26H27NO4/c1-3-30-26(22-15-9-5-10-16-22,23-17-11-6-12-18-23)25(29)31-20(2)24(28)27-19-21-13-7-4-8-14-21/h4-18,20H,3,19H2,1-2H3,(H,27,28)/t20-/m0/s1. The lowest BCUT2D eigenvalue weighted by molar-refractivity contribution is -0.175. The van der Waals surface area contributed by atoms with E-state index < -0.39 is 17.7 Å². The topological polar surface area (TPSA) is 64.6 Å². The first kappa shape index (κ1) is 22.2. The Morgan fingerprint density at radius 3 is 1.81 bits per heavy atom. The van der Waals surface area contributed by atoms with Crippen molar-refractivity contribution in [3.8, 4) is 0 Å². The summed E-state index contributed by atoms with van der Waals surface area (Å²) in [4.78, 5) is 26.1. The molecule has 0 saturated carbocycles. The molecular weight excluding hydrogens is 390 g/mol. The second kappa shape index (κ2) is 10.5. The highest BCUT2D eigenvalue weighted by Crippen LogP contribution is 2.35. The molecule has 3 rings (SSSR count). The van der Waals surface area contributed by atoms with Gasteiger partial charge in [0.2, 0.25) is 5.60 Å². The molecule has 0 heterocycles. The predicted molar refractivity (Wildman–Crippen MR) is 119 cm³/mol. The number of hydrogen-bond acceptors (Lipinski definition) is 4. The Morgan fingerprint density at radius 1 is 0.839 bits per heavy atom. The van der Waals surface area contributed by atoms with Gasteiger partial charge in [-0.25, -0.2) is 4.79 Å².